The van der Waals surface area contributed by atoms with Crippen LogP contribution in [0.4, 0.5) is 14.5 Å². The van der Waals surface area contributed by atoms with Crippen molar-refractivity contribution in [3.05, 3.63) is 82.4 Å². The average Bonchev–Trinajstić information content (AvgIpc) is 2.83. The fourth-order valence-electron chi connectivity index (χ4n) is 4.18. The number of carboxylic acids is 1. The molecular formula is C25H22ClF2NO6S. The number of anilines is 1. The van der Waals surface area contributed by atoms with Crippen molar-refractivity contribution >= 4 is 33.3 Å². The third kappa shape index (κ3) is 4.70. The Labute approximate surface area is 211 Å². The van der Waals surface area contributed by atoms with Crippen molar-refractivity contribution < 1.29 is 36.6 Å². The number of fused-ring (bicyclic) bond motifs is 1. The van der Waals surface area contributed by atoms with E-state index in [0.717, 1.165) is 22.5 Å². The molecule has 7 nitrogen and oxygen atoms in total. The van der Waals surface area contributed by atoms with Gasteiger partial charge in [-0.25, -0.2) is 17.2 Å². The Morgan fingerprint density at radius 3 is 2.56 bits per heavy atom. The molecule has 1 N–H and O–H groups in total. The lowest BCUT2D eigenvalue weighted by Gasteiger charge is -2.39. The minimum atomic E-state index is -4.35. The smallest absolute Gasteiger partial charge is 0.308 e. The predicted molar refractivity (Wildman–Crippen MR) is 129 cm³/mol. The Hall–Kier alpha value is -3.37. The van der Waals surface area contributed by atoms with Crippen LogP contribution in [0.5, 0.6) is 11.5 Å². The second kappa shape index (κ2) is 9.94. The van der Waals surface area contributed by atoms with E-state index in [4.69, 9.17) is 21.1 Å². The summed E-state index contributed by atoms with van der Waals surface area (Å²) in [4.78, 5) is 11.7. The second-order valence-corrected chi connectivity index (χ2v) is 10.5. The first-order valence-corrected chi connectivity index (χ1v) is 12.7. The highest BCUT2D eigenvalue weighted by Gasteiger charge is 2.42. The Bertz CT molecular complexity index is 1410. The van der Waals surface area contributed by atoms with Crippen molar-refractivity contribution in [2.75, 3.05) is 11.4 Å². The largest absolute Gasteiger partial charge is 0.494 e. The molecular weight excluding hydrogens is 516 g/mol. The minimum absolute atomic E-state index is 0.0873. The average molecular weight is 538 g/mol. The molecule has 1 aliphatic heterocycles. The van der Waals surface area contributed by atoms with E-state index in [-0.39, 0.29) is 45.7 Å². The molecule has 3 aromatic rings. The normalized spacial score (nSPS) is 17.4. The molecule has 1 heterocycles. The minimum Gasteiger partial charge on any atom is -0.494 e. The molecule has 1 aliphatic rings. The van der Waals surface area contributed by atoms with E-state index >= 15 is 0 Å². The first-order chi connectivity index (χ1) is 17.0. The van der Waals surface area contributed by atoms with Gasteiger partial charge >= 0.3 is 5.97 Å². The Morgan fingerprint density at radius 2 is 1.89 bits per heavy atom. The summed E-state index contributed by atoms with van der Waals surface area (Å²) in [6.07, 6.45) is 0.0873. The molecule has 11 heteroatoms. The van der Waals surface area contributed by atoms with Crippen LogP contribution in [0.15, 0.2) is 59.5 Å². The van der Waals surface area contributed by atoms with E-state index in [2.05, 4.69) is 0 Å². The van der Waals surface area contributed by atoms with Gasteiger partial charge in [0.25, 0.3) is 10.0 Å². The molecule has 0 radical (unpaired) electrons. The van der Waals surface area contributed by atoms with Crippen molar-refractivity contribution in [2.45, 2.75) is 30.9 Å². The van der Waals surface area contributed by atoms with Crippen LogP contribution >= 0.6 is 11.6 Å². The first kappa shape index (κ1) is 25.7. The van der Waals surface area contributed by atoms with Gasteiger partial charge in [0.15, 0.2) is 11.6 Å². The summed E-state index contributed by atoms with van der Waals surface area (Å²) in [7, 11) is -3.14. The zero-order chi connectivity index (χ0) is 26.2. The van der Waals surface area contributed by atoms with E-state index in [1.165, 1.54) is 38.3 Å². The third-order valence-corrected chi connectivity index (χ3v) is 8.38. The molecule has 3 aromatic carbocycles. The number of sulfonamides is 1. The van der Waals surface area contributed by atoms with Crippen molar-refractivity contribution in [2.24, 2.45) is 5.92 Å². The van der Waals surface area contributed by atoms with E-state index in [1.54, 1.807) is 12.1 Å². The number of hydrogen-bond acceptors (Lipinski definition) is 5. The van der Waals surface area contributed by atoms with Crippen LogP contribution < -0.4 is 13.8 Å². The van der Waals surface area contributed by atoms with Gasteiger partial charge < -0.3 is 14.6 Å². The highest BCUT2D eigenvalue weighted by atomic mass is 35.5. The lowest BCUT2D eigenvalue weighted by Crippen LogP contribution is -2.49. The second-order valence-electron chi connectivity index (χ2n) is 8.27. The number of carboxylic acid groups (broad SMARTS) is 1. The van der Waals surface area contributed by atoms with Crippen molar-refractivity contribution in [3.63, 3.8) is 0 Å². The van der Waals surface area contributed by atoms with Crippen molar-refractivity contribution in [3.8, 4) is 11.5 Å². The monoisotopic (exact) mass is 537 g/mol. The number of nitrogens with zero attached hydrogens (tertiary/aromatic N) is 1. The van der Waals surface area contributed by atoms with Crippen LogP contribution in [0.2, 0.25) is 5.02 Å². The summed E-state index contributed by atoms with van der Waals surface area (Å²) in [6.45, 7) is 1.28. The van der Waals surface area contributed by atoms with Gasteiger partial charge in [-0.1, -0.05) is 23.7 Å². The molecule has 36 heavy (non-hydrogen) atoms. The molecule has 0 bridgehead atoms. The summed E-state index contributed by atoms with van der Waals surface area (Å²) in [6, 6.07) is 10.9. The number of rotatable bonds is 7. The lowest BCUT2D eigenvalue weighted by atomic mass is 9.88. The molecule has 0 aromatic heterocycles. The highest BCUT2D eigenvalue weighted by Crippen LogP contribution is 2.41. The molecule has 2 atom stereocenters. The topological polar surface area (TPSA) is 93.1 Å². The predicted octanol–water partition coefficient (Wildman–Crippen LogP) is 5.05. The van der Waals surface area contributed by atoms with E-state index in [1.807, 2.05) is 0 Å². The number of methoxy groups -OCH3 is 1. The maximum absolute atomic E-state index is 14.1. The number of carbonyl (C=O) groups is 1. The van der Waals surface area contributed by atoms with Gasteiger partial charge in [-0.2, -0.15) is 0 Å². The quantitative estimate of drug-likeness (QED) is 0.453. The Balaban J connectivity index is 1.77. The molecule has 0 aliphatic carbocycles. The van der Waals surface area contributed by atoms with Crippen LogP contribution in [0.3, 0.4) is 0 Å². The van der Waals surface area contributed by atoms with E-state index in [9.17, 15) is 27.1 Å². The standard InChI is InChI=1S/C25H22ClF2NO6S/c1-14-18(25(30)31)10-15-6-7-16(35-13-19-20(26)4-3-5-21(19)27)11-23(15)29(14)36(32,33)17-8-9-22(28)24(12-17)34-2/h3-9,11-12,14,18H,10,13H2,1-2H3,(H,30,31)/t14-,18-/m1/s1. The van der Waals surface area contributed by atoms with Crippen LogP contribution in [0.1, 0.15) is 18.1 Å². The van der Waals surface area contributed by atoms with Gasteiger partial charge in [-0.15, -0.1) is 0 Å². The summed E-state index contributed by atoms with van der Waals surface area (Å²) < 4.78 is 67.2. The Morgan fingerprint density at radius 1 is 1.14 bits per heavy atom. The molecule has 0 amide bonds. The van der Waals surface area contributed by atoms with Crippen molar-refractivity contribution in [1.29, 1.82) is 0 Å². The van der Waals surface area contributed by atoms with Crippen LogP contribution in [0.25, 0.3) is 0 Å². The van der Waals surface area contributed by atoms with Gasteiger partial charge in [0.2, 0.25) is 0 Å². The van der Waals surface area contributed by atoms with Crippen LogP contribution in [-0.4, -0.2) is 32.6 Å². The number of hydrogen-bond donors (Lipinski definition) is 1. The SMILES string of the molecule is COc1cc(S(=O)(=O)N2c3cc(OCc4c(F)cccc4Cl)ccc3C[C@@H](C(=O)O)[C@H]2C)ccc1F. The zero-order valence-corrected chi connectivity index (χ0v) is 20.8. The molecule has 0 fully saturated rings. The Kier molecular flexibility index (Phi) is 7.10. The van der Waals surface area contributed by atoms with Gasteiger partial charge in [0.1, 0.15) is 18.2 Å². The maximum Gasteiger partial charge on any atom is 0.308 e. The third-order valence-electron chi connectivity index (χ3n) is 6.13. The number of aliphatic carboxylic acids is 1. The van der Waals surface area contributed by atoms with Crippen molar-refractivity contribution in [1.82, 2.24) is 0 Å². The number of benzene rings is 3. The number of halogens is 3. The van der Waals surface area contributed by atoms with Gasteiger partial charge in [0, 0.05) is 17.7 Å². The van der Waals surface area contributed by atoms with Gasteiger partial charge in [0.05, 0.1) is 34.7 Å². The summed E-state index contributed by atoms with van der Waals surface area (Å²) in [5.74, 6) is -3.51. The number of ether oxygens (including phenoxy) is 2. The van der Waals surface area contributed by atoms with Gasteiger partial charge in [-0.3, -0.25) is 9.10 Å². The fraction of sp³-hybridized carbons (Fsp3) is 0.240. The maximum atomic E-state index is 14.1. The zero-order valence-electron chi connectivity index (χ0n) is 19.2. The fourth-order valence-corrected chi connectivity index (χ4v) is 6.14. The molecule has 4 rings (SSSR count). The highest BCUT2D eigenvalue weighted by molar-refractivity contribution is 7.92. The molecule has 0 unspecified atom stereocenters. The summed E-state index contributed by atoms with van der Waals surface area (Å²) in [5, 5.41) is 9.94. The first-order valence-electron chi connectivity index (χ1n) is 10.8. The lowest BCUT2D eigenvalue weighted by molar-refractivity contribution is -0.142. The molecule has 190 valence electrons. The summed E-state index contributed by atoms with van der Waals surface area (Å²) in [5.41, 5.74) is 0.814. The van der Waals surface area contributed by atoms with Crippen LogP contribution in [0, 0.1) is 17.6 Å². The van der Waals surface area contributed by atoms with Gasteiger partial charge in [-0.05, 0) is 49.2 Å². The van der Waals surface area contributed by atoms with Crippen LogP contribution in [-0.2, 0) is 27.8 Å². The molecule has 0 saturated heterocycles. The van der Waals surface area contributed by atoms with E-state index in [0.29, 0.717) is 5.56 Å². The molecule has 0 saturated carbocycles. The van der Waals surface area contributed by atoms with E-state index < -0.39 is 39.6 Å². The summed E-state index contributed by atoms with van der Waals surface area (Å²) >= 11 is 6.06. The molecule has 0 spiro atoms.